The van der Waals surface area contributed by atoms with E-state index in [1.807, 2.05) is 0 Å². The predicted molar refractivity (Wildman–Crippen MR) is 238 cm³/mol. The highest BCUT2D eigenvalue weighted by atomic mass is 16.6. The molecule has 1 atom stereocenters. The van der Waals surface area contributed by atoms with Crippen molar-refractivity contribution in [1.29, 1.82) is 0 Å². The van der Waals surface area contributed by atoms with Crippen LogP contribution in [0.3, 0.4) is 0 Å². The molecular formula is C50H96O5. The number of allylic oxidation sites excluding steroid dienone is 2. The van der Waals surface area contributed by atoms with E-state index in [4.69, 9.17) is 9.47 Å². The van der Waals surface area contributed by atoms with E-state index in [1.165, 1.54) is 212 Å². The first-order valence-corrected chi connectivity index (χ1v) is 24.7. The number of aliphatic hydroxyl groups excluding tert-OH is 1. The molecule has 0 saturated carbocycles. The van der Waals surface area contributed by atoms with Crippen LogP contribution in [0.5, 0.6) is 0 Å². The minimum Gasteiger partial charge on any atom is -0.462 e. The molecule has 5 nitrogen and oxygen atoms in total. The van der Waals surface area contributed by atoms with Crippen molar-refractivity contribution in [3.8, 4) is 0 Å². The van der Waals surface area contributed by atoms with Gasteiger partial charge in [-0.15, -0.1) is 0 Å². The van der Waals surface area contributed by atoms with Crippen molar-refractivity contribution in [1.82, 2.24) is 0 Å². The number of hydrogen-bond donors (Lipinski definition) is 1. The Kier molecular flexibility index (Phi) is 45.9. The third kappa shape index (κ3) is 45.2. The molecule has 0 spiro atoms. The van der Waals surface area contributed by atoms with Crippen LogP contribution in [0.2, 0.25) is 0 Å². The summed E-state index contributed by atoms with van der Waals surface area (Å²) >= 11 is 0. The Morgan fingerprint density at radius 3 is 0.982 bits per heavy atom. The van der Waals surface area contributed by atoms with Crippen molar-refractivity contribution in [2.45, 2.75) is 283 Å². The number of carbonyl (C=O) groups excluding carboxylic acids is 2. The maximum atomic E-state index is 12.3. The molecule has 0 aliphatic rings. The van der Waals surface area contributed by atoms with Gasteiger partial charge in [0.05, 0.1) is 6.61 Å². The first-order chi connectivity index (χ1) is 27.1. The van der Waals surface area contributed by atoms with Crippen LogP contribution in [0.25, 0.3) is 0 Å². The van der Waals surface area contributed by atoms with E-state index in [0.29, 0.717) is 12.8 Å². The molecule has 326 valence electrons. The minimum atomic E-state index is -0.766. The predicted octanol–water partition coefficient (Wildman–Crippen LogP) is 16.0. The molecule has 0 saturated heterocycles. The van der Waals surface area contributed by atoms with Gasteiger partial charge in [-0.05, 0) is 38.5 Å². The third-order valence-corrected chi connectivity index (χ3v) is 11.3. The van der Waals surface area contributed by atoms with Crippen LogP contribution in [-0.4, -0.2) is 36.4 Å². The standard InChI is InChI=1S/C50H96O5/c1-3-5-7-9-11-13-15-17-19-21-23-24-25-27-29-31-33-35-37-39-41-43-45-50(53)55-48(46-51)47-54-49(52)44-42-40-38-36-34-32-30-28-26-22-20-18-16-14-12-10-8-6-4-2/h18,20,48,51H,3-17,19,21-47H2,1-2H3/b20-18+/t48-/m0/s1. The van der Waals surface area contributed by atoms with Gasteiger partial charge in [-0.1, -0.05) is 238 Å². The third-order valence-electron chi connectivity index (χ3n) is 11.3. The van der Waals surface area contributed by atoms with Gasteiger partial charge in [0.15, 0.2) is 6.10 Å². The van der Waals surface area contributed by atoms with Gasteiger partial charge in [0, 0.05) is 12.8 Å². The highest BCUT2D eigenvalue weighted by Gasteiger charge is 2.16. The van der Waals surface area contributed by atoms with Crippen LogP contribution in [0.4, 0.5) is 0 Å². The molecule has 0 heterocycles. The lowest BCUT2D eigenvalue weighted by atomic mass is 10.0. The summed E-state index contributed by atoms with van der Waals surface area (Å²) in [6.07, 6.45) is 55.9. The Bertz CT molecular complexity index is 795. The van der Waals surface area contributed by atoms with Gasteiger partial charge in [0.2, 0.25) is 0 Å². The average molecular weight is 777 g/mol. The van der Waals surface area contributed by atoms with Crippen molar-refractivity contribution in [2.75, 3.05) is 13.2 Å². The second-order valence-corrected chi connectivity index (χ2v) is 16.9. The molecule has 5 heteroatoms. The fourth-order valence-corrected chi connectivity index (χ4v) is 7.55. The second-order valence-electron chi connectivity index (χ2n) is 16.9. The van der Waals surface area contributed by atoms with Gasteiger partial charge in [0.1, 0.15) is 6.61 Å². The number of hydrogen-bond acceptors (Lipinski definition) is 5. The number of ether oxygens (including phenoxy) is 2. The monoisotopic (exact) mass is 777 g/mol. The fraction of sp³-hybridized carbons (Fsp3) is 0.920. The summed E-state index contributed by atoms with van der Waals surface area (Å²) < 4.78 is 10.7. The number of unbranched alkanes of at least 4 members (excludes halogenated alkanes) is 36. The van der Waals surface area contributed by atoms with E-state index < -0.39 is 6.10 Å². The Morgan fingerprint density at radius 1 is 0.400 bits per heavy atom. The summed E-state index contributed by atoms with van der Waals surface area (Å²) in [5.74, 6) is -0.575. The molecule has 0 bridgehead atoms. The molecule has 1 N–H and O–H groups in total. The highest BCUT2D eigenvalue weighted by molar-refractivity contribution is 5.70. The Labute approximate surface area is 343 Å². The molecular weight excluding hydrogens is 681 g/mol. The Hall–Kier alpha value is -1.36. The molecule has 0 amide bonds. The second kappa shape index (κ2) is 47.0. The van der Waals surface area contributed by atoms with Crippen molar-refractivity contribution in [3.63, 3.8) is 0 Å². The normalized spacial score (nSPS) is 12.1. The van der Waals surface area contributed by atoms with Gasteiger partial charge >= 0.3 is 11.9 Å². The maximum absolute atomic E-state index is 12.3. The van der Waals surface area contributed by atoms with Crippen LogP contribution < -0.4 is 0 Å². The zero-order chi connectivity index (χ0) is 40.0. The van der Waals surface area contributed by atoms with Crippen LogP contribution in [-0.2, 0) is 19.1 Å². The van der Waals surface area contributed by atoms with Crippen LogP contribution in [0.1, 0.15) is 277 Å². The topological polar surface area (TPSA) is 72.8 Å². The number of rotatable bonds is 46. The maximum Gasteiger partial charge on any atom is 0.306 e. The van der Waals surface area contributed by atoms with E-state index >= 15 is 0 Å². The molecule has 55 heavy (non-hydrogen) atoms. The van der Waals surface area contributed by atoms with Crippen molar-refractivity contribution >= 4 is 11.9 Å². The first kappa shape index (κ1) is 53.6. The van der Waals surface area contributed by atoms with Crippen LogP contribution in [0, 0.1) is 0 Å². The van der Waals surface area contributed by atoms with E-state index in [2.05, 4.69) is 26.0 Å². The molecule has 0 unspecified atom stereocenters. The summed E-state index contributed by atoms with van der Waals surface area (Å²) in [5.41, 5.74) is 0. The number of aliphatic hydroxyl groups is 1. The molecule has 0 aromatic carbocycles. The van der Waals surface area contributed by atoms with E-state index in [1.54, 1.807) is 0 Å². The Morgan fingerprint density at radius 2 is 0.673 bits per heavy atom. The summed E-state index contributed by atoms with van der Waals surface area (Å²) in [5, 5.41) is 9.61. The fourth-order valence-electron chi connectivity index (χ4n) is 7.55. The average Bonchev–Trinajstić information content (AvgIpc) is 3.19. The molecule has 0 rings (SSSR count). The van der Waals surface area contributed by atoms with E-state index in [-0.39, 0.29) is 25.2 Å². The zero-order valence-corrected chi connectivity index (χ0v) is 37.2. The lowest BCUT2D eigenvalue weighted by molar-refractivity contribution is -0.161. The molecule has 0 aromatic rings. The van der Waals surface area contributed by atoms with Crippen molar-refractivity contribution in [3.05, 3.63) is 12.2 Å². The van der Waals surface area contributed by atoms with Gasteiger partial charge in [0.25, 0.3) is 0 Å². The van der Waals surface area contributed by atoms with E-state index in [0.717, 1.165) is 38.5 Å². The first-order valence-electron chi connectivity index (χ1n) is 24.7. The quantitative estimate of drug-likeness (QED) is 0.0379. The van der Waals surface area contributed by atoms with Crippen molar-refractivity contribution < 1.29 is 24.2 Å². The van der Waals surface area contributed by atoms with Gasteiger partial charge < -0.3 is 14.6 Å². The Balaban J connectivity index is 3.45. The minimum absolute atomic E-state index is 0.0602. The molecule has 0 radical (unpaired) electrons. The van der Waals surface area contributed by atoms with Crippen LogP contribution in [0.15, 0.2) is 12.2 Å². The molecule has 0 aromatic heterocycles. The molecule has 0 aliphatic carbocycles. The number of carbonyl (C=O) groups is 2. The smallest absolute Gasteiger partial charge is 0.306 e. The van der Waals surface area contributed by atoms with Gasteiger partial charge in [-0.25, -0.2) is 0 Å². The summed E-state index contributed by atoms with van der Waals surface area (Å²) in [4.78, 5) is 24.4. The summed E-state index contributed by atoms with van der Waals surface area (Å²) in [6, 6.07) is 0. The molecule has 0 aliphatic heterocycles. The lowest BCUT2D eigenvalue weighted by Gasteiger charge is -2.15. The zero-order valence-electron chi connectivity index (χ0n) is 37.2. The lowest BCUT2D eigenvalue weighted by Crippen LogP contribution is -2.28. The van der Waals surface area contributed by atoms with Crippen LogP contribution >= 0.6 is 0 Å². The summed E-state index contributed by atoms with van der Waals surface area (Å²) in [7, 11) is 0. The largest absolute Gasteiger partial charge is 0.462 e. The SMILES string of the molecule is CCCCCCCC/C=C/CCCCCCCCCCCC(=O)OC[C@H](CO)OC(=O)CCCCCCCCCCCCCCCCCCCCCCCC. The van der Waals surface area contributed by atoms with E-state index in [9.17, 15) is 14.7 Å². The summed E-state index contributed by atoms with van der Waals surface area (Å²) in [6.45, 7) is 4.18. The van der Waals surface area contributed by atoms with Gasteiger partial charge in [-0.2, -0.15) is 0 Å². The highest BCUT2D eigenvalue weighted by Crippen LogP contribution is 2.17. The van der Waals surface area contributed by atoms with Gasteiger partial charge in [-0.3, -0.25) is 9.59 Å². The molecule has 0 fully saturated rings. The number of esters is 2. The van der Waals surface area contributed by atoms with Crippen molar-refractivity contribution in [2.24, 2.45) is 0 Å².